The molecule has 1 aromatic rings. The van der Waals surface area contributed by atoms with Crippen LogP contribution in [0.15, 0.2) is 6.20 Å². The topological polar surface area (TPSA) is 74.9 Å². The largest absolute Gasteiger partial charge is 0.388 e. The molecule has 0 aromatic carbocycles. The number of H-pyrrole nitrogens is 1. The fourth-order valence-corrected chi connectivity index (χ4v) is 2.79. The molecule has 4 N–H and O–H groups in total. The molecule has 0 radical (unpaired) electrons. The third-order valence-corrected chi connectivity index (χ3v) is 3.87. The van der Waals surface area contributed by atoms with Crippen LogP contribution in [0.2, 0.25) is 0 Å². The van der Waals surface area contributed by atoms with Gasteiger partial charge in [-0.05, 0) is 24.7 Å². The first-order valence-corrected chi connectivity index (χ1v) is 6.19. The van der Waals surface area contributed by atoms with Crippen LogP contribution in [0.1, 0.15) is 50.7 Å². The third kappa shape index (κ3) is 2.21. The van der Waals surface area contributed by atoms with Gasteiger partial charge in [-0.2, -0.15) is 5.10 Å². The van der Waals surface area contributed by atoms with Gasteiger partial charge in [0.25, 0.3) is 0 Å². The van der Waals surface area contributed by atoms with E-state index in [1.807, 2.05) is 0 Å². The molecule has 3 atom stereocenters. The zero-order chi connectivity index (χ0) is 11.5. The lowest BCUT2D eigenvalue weighted by atomic mass is 9.76. The predicted molar refractivity (Wildman–Crippen MR) is 63.7 cm³/mol. The molecule has 4 nitrogen and oxygen atoms in total. The second kappa shape index (κ2) is 4.87. The van der Waals surface area contributed by atoms with Crippen molar-refractivity contribution in [2.24, 2.45) is 11.8 Å². The molecule has 16 heavy (non-hydrogen) atoms. The Hall–Kier alpha value is -1.03. The van der Waals surface area contributed by atoms with Crippen molar-refractivity contribution in [3.8, 4) is 0 Å². The number of nitrogens with two attached hydrogens (primary N) is 1. The molecule has 4 heteroatoms. The van der Waals surface area contributed by atoms with Crippen molar-refractivity contribution in [2.75, 3.05) is 5.73 Å². The maximum Gasteiger partial charge on any atom is 0.124 e. The quantitative estimate of drug-likeness (QED) is 0.735. The van der Waals surface area contributed by atoms with Gasteiger partial charge >= 0.3 is 0 Å². The van der Waals surface area contributed by atoms with Crippen molar-refractivity contribution in [1.29, 1.82) is 0 Å². The molecule has 90 valence electrons. The third-order valence-electron chi connectivity index (χ3n) is 3.87. The summed E-state index contributed by atoms with van der Waals surface area (Å²) in [7, 11) is 0. The highest BCUT2D eigenvalue weighted by molar-refractivity contribution is 5.38. The van der Waals surface area contributed by atoms with E-state index in [4.69, 9.17) is 5.73 Å². The first-order valence-electron chi connectivity index (χ1n) is 6.19. The number of nitrogens with one attached hydrogen (secondary N) is 1. The van der Waals surface area contributed by atoms with Crippen LogP contribution in [0.5, 0.6) is 0 Å². The monoisotopic (exact) mass is 223 g/mol. The second-order valence-corrected chi connectivity index (χ2v) is 4.88. The minimum absolute atomic E-state index is 0.346. The minimum atomic E-state index is -0.451. The van der Waals surface area contributed by atoms with E-state index in [9.17, 15) is 5.11 Å². The Kier molecular flexibility index (Phi) is 3.49. The Bertz CT molecular complexity index is 337. The van der Waals surface area contributed by atoms with E-state index >= 15 is 0 Å². The van der Waals surface area contributed by atoms with Crippen LogP contribution >= 0.6 is 0 Å². The molecule has 3 unspecified atom stereocenters. The highest BCUT2D eigenvalue weighted by Gasteiger charge is 2.29. The molecule has 0 amide bonds. The lowest BCUT2D eigenvalue weighted by Gasteiger charge is -2.31. The van der Waals surface area contributed by atoms with E-state index in [0.717, 1.165) is 24.3 Å². The van der Waals surface area contributed by atoms with Gasteiger partial charge in [0.15, 0.2) is 0 Å². The molecule has 1 fully saturated rings. The van der Waals surface area contributed by atoms with Crippen LogP contribution in [0.4, 0.5) is 5.82 Å². The van der Waals surface area contributed by atoms with Crippen LogP contribution in [0, 0.1) is 11.8 Å². The Morgan fingerprint density at radius 3 is 3.06 bits per heavy atom. The molecule has 1 aromatic heterocycles. The van der Waals surface area contributed by atoms with E-state index in [-0.39, 0.29) is 0 Å². The van der Waals surface area contributed by atoms with Gasteiger partial charge in [-0.15, -0.1) is 0 Å². The van der Waals surface area contributed by atoms with Crippen LogP contribution in [0.25, 0.3) is 0 Å². The first kappa shape index (κ1) is 11.5. The summed E-state index contributed by atoms with van der Waals surface area (Å²) in [6.07, 6.45) is 7.15. The molecule has 2 rings (SSSR count). The van der Waals surface area contributed by atoms with E-state index in [0.29, 0.717) is 11.7 Å². The van der Waals surface area contributed by atoms with Crippen molar-refractivity contribution >= 4 is 5.82 Å². The number of nitrogen functional groups attached to an aromatic ring is 1. The van der Waals surface area contributed by atoms with E-state index < -0.39 is 6.10 Å². The number of aromatic nitrogens is 2. The Labute approximate surface area is 96.2 Å². The summed E-state index contributed by atoms with van der Waals surface area (Å²) in [5.74, 6) is 1.62. The number of aliphatic hydroxyl groups excluding tert-OH is 1. The summed E-state index contributed by atoms with van der Waals surface area (Å²) in [6.45, 7) is 2.23. The number of hydrogen-bond donors (Lipinski definition) is 3. The number of aliphatic hydroxyl groups is 1. The van der Waals surface area contributed by atoms with Crippen molar-refractivity contribution in [2.45, 2.75) is 45.1 Å². The van der Waals surface area contributed by atoms with Gasteiger partial charge in [0.1, 0.15) is 5.82 Å². The SMILES string of the molecule is CCC1CCCC(C(O)c2cn[nH]c2N)C1. The Balaban J connectivity index is 2.04. The molecule has 0 aliphatic heterocycles. The predicted octanol–water partition coefficient (Wildman–Crippen LogP) is 2.24. The normalized spacial score (nSPS) is 27.9. The van der Waals surface area contributed by atoms with Crippen molar-refractivity contribution in [3.63, 3.8) is 0 Å². The van der Waals surface area contributed by atoms with Crippen LogP contribution in [0.3, 0.4) is 0 Å². The minimum Gasteiger partial charge on any atom is -0.388 e. The van der Waals surface area contributed by atoms with Crippen molar-refractivity contribution in [3.05, 3.63) is 11.8 Å². The highest BCUT2D eigenvalue weighted by atomic mass is 16.3. The van der Waals surface area contributed by atoms with Gasteiger partial charge in [-0.3, -0.25) is 5.10 Å². The summed E-state index contributed by atoms with van der Waals surface area (Å²) in [6, 6.07) is 0. The average Bonchev–Trinajstić information content (AvgIpc) is 2.74. The van der Waals surface area contributed by atoms with Crippen LogP contribution in [-0.2, 0) is 0 Å². The molecule has 1 saturated carbocycles. The fraction of sp³-hybridized carbons (Fsp3) is 0.750. The van der Waals surface area contributed by atoms with Gasteiger partial charge in [0, 0.05) is 5.56 Å². The highest BCUT2D eigenvalue weighted by Crippen LogP contribution is 2.39. The molecule has 1 aliphatic carbocycles. The summed E-state index contributed by atoms with van der Waals surface area (Å²) in [5, 5.41) is 16.8. The Morgan fingerprint density at radius 2 is 2.44 bits per heavy atom. The zero-order valence-electron chi connectivity index (χ0n) is 9.82. The van der Waals surface area contributed by atoms with E-state index in [1.54, 1.807) is 6.20 Å². The van der Waals surface area contributed by atoms with Crippen LogP contribution in [-0.4, -0.2) is 15.3 Å². The molecule has 1 heterocycles. The number of anilines is 1. The molecule has 0 bridgehead atoms. The number of rotatable bonds is 3. The van der Waals surface area contributed by atoms with E-state index in [2.05, 4.69) is 17.1 Å². The molecule has 0 spiro atoms. The summed E-state index contributed by atoms with van der Waals surface area (Å²) in [4.78, 5) is 0. The van der Waals surface area contributed by atoms with E-state index in [1.165, 1.54) is 19.3 Å². The van der Waals surface area contributed by atoms with Crippen molar-refractivity contribution in [1.82, 2.24) is 10.2 Å². The molecule has 0 saturated heterocycles. The van der Waals surface area contributed by atoms with Crippen LogP contribution < -0.4 is 5.73 Å². The van der Waals surface area contributed by atoms with Gasteiger partial charge in [-0.25, -0.2) is 0 Å². The molecular weight excluding hydrogens is 202 g/mol. The maximum absolute atomic E-state index is 10.3. The van der Waals surface area contributed by atoms with Gasteiger partial charge < -0.3 is 10.8 Å². The summed E-state index contributed by atoms with van der Waals surface area (Å²) in [5.41, 5.74) is 6.50. The average molecular weight is 223 g/mol. The zero-order valence-corrected chi connectivity index (χ0v) is 9.82. The molecule has 1 aliphatic rings. The fourth-order valence-electron chi connectivity index (χ4n) is 2.79. The number of aromatic amines is 1. The number of hydrogen-bond acceptors (Lipinski definition) is 3. The lowest BCUT2D eigenvalue weighted by Crippen LogP contribution is -2.21. The summed E-state index contributed by atoms with van der Waals surface area (Å²) >= 11 is 0. The maximum atomic E-state index is 10.3. The molecular formula is C12H21N3O. The summed E-state index contributed by atoms with van der Waals surface area (Å²) < 4.78 is 0. The smallest absolute Gasteiger partial charge is 0.124 e. The van der Waals surface area contributed by atoms with Crippen molar-refractivity contribution < 1.29 is 5.11 Å². The Morgan fingerprint density at radius 1 is 1.62 bits per heavy atom. The van der Waals surface area contributed by atoms with Gasteiger partial charge in [-0.1, -0.05) is 26.2 Å². The van der Waals surface area contributed by atoms with Gasteiger partial charge in [0.05, 0.1) is 12.3 Å². The first-order chi connectivity index (χ1) is 7.72. The van der Waals surface area contributed by atoms with Gasteiger partial charge in [0.2, 0.25) is 0 Å². The second-order valence-electron chi connectivity index (χ2n) is 4.88. The number of nitrogens with zero attached hydrogens (tertiary/aromatic N) is 1. The standard InChI is InChI=1S/C12H21N3O/c1-2-8-4-3-5-9(6-8)11(16)10-7-14-15-12(10)13/h7-9,11,16H,2-6H2,1H3,(H3,13,14,15). The lowest BCUT2D eigenvalue weighted by molar-refractivity contribution is 0.0684.